The average Bonchev–Trinajstić information content (AvgIpc) is 2.14. The SMILES string of the molecule is CCCC(C)NC(=O)CN1CC(C)CC(N)C1. The molecule has 1 aliphatic rings. The second-order valence-corrected chi connectivity index (χ2v) is 5.55. The van der Waals surface area contributed by atoms with Gasteiger partial charge in [-0.05, 0) is 25.7 Å². The molecular formula is C13H27N3O. The number of hydrogen-bond donors (Lipinski definition) is 2. The van der Waals surface area contributed by atoms with Crippen molar-refractivity contribution in [3.05, 3.63) is 0 Å². The van der Waals surface area contributed by atoms with E-state index in [0.717, 1.165) is 32.4 Å². The summed E-state index contributed by atoms with van der Waals surface area (Å²) in [7, 11) is 0. The lowest BCUT2D eigenvalue weighted by molar-refractivity contribution is -0.123. The monoisotopic (exact) mass is 241 g/mol. The van der Waals surface area contributed by atoms with Crippen molar-refractivity contribution in [2.45, 2.75) is 52.1 Å². The fraction of sp³-hybridized carbons (Fsp3) is 0.923. The van der Waals surface area contributed by atoms with Crippen molar-refractivity contribution < 1.29 is 4.79 Å². The molecule has 0 aliphatic carbocycles. The van der Waals surface area contributed by atoms with Crippen LogP contribution in [0.2, 0.25) is 0 Å². The molecule has 1 saturated heterocycles. The minimum atomic E-state index is 0.132. The number of likely N-dealkylation sites (tertiary alicyclic amines) is 1. The zero-order valence-electron chi connectivity index (χ0n) is 11.4. The molecule has 3 unspecified atom stereocenters. The van der Waals surface area contributed by atoms with Crippen LogP contribution < -0.4 is 11.1 Å². The topological polar surface area (TPSA) is 58.4 Å². The fourth-order valence-electron chi connectivity index (χ4n) is 2.67. The summed E-state index contributed by atoms with van der Waals surface area (Å²) in [6, 6.07) is 0.503. The maximum Gasteiger partial charge on any atom is 0.234 e. The van der Waals surface area contributed by atoms with Crippen molar-refractivity contribution in [3.63, 3.8) is 0 Å². The van der Waals surface area contributed by atoms with Gasteiger partial charge in [0.15, 0.2) is 0 Å². The Balaban J connectivity index is 2.30. The van der Waals surface area contributed by atoms with Crippen LogP contribution >= 0.6 is 0 Å². The van der Waals surface area contributed by atoms with E-state index in [1.807, 2.05) is 0 Å². The van der Waals surface area contributed by atoms with E-state index in [2.05, 4.69) is 31.0 Å². The lowest BCUT2D eigenvalue weighted by Gasteiger charge is -2.34. The van der Waals surface area contributed by atoms with Crippen LogP contribution in [-0.2, 0) is 4.79 Å². The minimum absolute atomic E-state index is 0.132. The number of carbonyl (C=O) groups is 1. The number of rotatable bonds is 5. The summed E-state index contributed by atoms with van der Waals surface area (Å²) < 4.78 is 0. The molecule has 0 radical (unpaired) electrons. The first-order chi connectivity index (χ1) is 8.01. The van der Waals surface area contributed by atoms with Crippen molar-refractivity contribution in [2.75, 3.05) is 19.6 Å². The number of nitrogens with one attached hydrogen (secondary N) is 1. The van der Waals surface area contributed by atoms with Crippen LogP contribution in [0.5, 0.6) is 0 Å². The lowest BCUT2D eigenvalue weighted by Crippen LogP contribution is -2.50. The summed E-state index contributed by atoms with van der Waals surface area (Å²) in [6.07, 6.45) is 3.22. The molecule has 1 rings (SSSR count). The van der Waals surface area contributed by atoms with Crippen LogP contribution in [0.3, 0.4) is 0 Å². The van der Waals surface area contributed by atoms with Crippen LogP contribution in [0.25, 0.3) is 0 Å². The van der Waals surface area contributed by atoms with Crippen LogP contribution in [0, 0.1) is 5.92 Å². The Morgan fingerprint density at radius 3 is 2.82 bits per heavy atom. The molecule has 100 valence electrons. The van der Waals surface area contributed by atoms with Gasteiger partial charge in [0.05, 0.1) is 6.54 Å². The van der Waals surface area contributed by atoms with Crippen LogP contribution in [0.1, 0.15) is 40.0 Å². The molecule has 17 heavy (non-hydrogen) atoms. The standard InChI is InChI=1S/C13H27N3O/c1-4-5-11(3)15-13(17)9-16-7-10(2)6-12(14)8-16/h10-12H,4-9,14H2,1-3H3,(H,15,17). The number of amides is 1. The van der Waals surface area contributed by atoms with Gasteiger partial charge in [-0.25, -0.2) is 0 Å². The van der Waals surface area contributed by atoms with E-state index in [1.54, 1.807) is 0 Å². The van der Waals surface area contributed by atoms with E-state index >= 15 is 0 Å². The molecule has 4 heteroatoms. The summed E-state index contributed by atoms with van der Waals surface area (Å²) in [6.45, 7) is 8.72. The molecule has 1 amide bonds. The van der Waals surface area contributed by atoms with E-state index in [9.17, 15) is 4.79 Å². The average molecular weight is 241 g/mol. The van der Waals surface area contributed by atoms with E-state index in [-0.39, 0.29) is 18.0 Å². The highest BCUT2D eigenvalue weighted by molar-refractivity contribution is 5.78. The molecular weight excluding hydrogens is 214 g/mol. The normalized spacial score (nSPS) is 27.8. The Labute approximate surface area is 105 Å². The Bertz CT molecular complexity index is 235. The first kappa shape index (κ1) is 14.5. The third-order valence-electron chi connectivity index (χ3n) is 3.26. The largest absolute Gasteiger partial charge is 0.353 e. The predicted molar refractivity (Wildman–Crippen MR) is 70.7 cm³/mol. The van der Waals surface area contributed by atoms with Crippen LogP contribution in [-0.4, -0.2) is 42.5 Å². The second-order valence-electron chi connectivity index (χ2n) is 5.55. The third-order valence-corrected chi connectivity index (χ3v) is 3.26. The molecule has 0 aromatic carbocycles. The van der Waals surface area contributed by atoms with Crippen molar-refractivity contribution in [2.24, 2.45) is 11.7 Å². The molecule has 0 spiro atoms. The zero-order chi connectivity index (χ0) is 12.8. The van der Waals surface area contributed by atoms with Crippen LogP contribution in [0.4, 0.5) is 0 Å². The number of nitrogens with zero attached hydrogens (tertiary/aromatic N) is 1. The minimum Gasteiger partial charge on any atom is -0.353 e. The van der Waals surface area contributed by atoms with Crippen molar-refractivity contribution in [3.8, 4) is 0 Å². The van der Waals surface area contributed by atoms with Crippen molar-refractivity contribution in [1.29, 1.82) is 0 Å². The van der Waals surface area contributed by atoms with Crippen molar-refractivity contribution >= 4 is 5.91 Å². The van der Waals surface area contributed by atoms with Gasteiger partial charge in [0.1, 0.15) is 0 Å². The number of piperidine rings is 1. The first-order valence-electron chi connectivity index (χ1n) is 6.78. The molecule has 0 saturated carbocycles. The van der Waals surface area contributed by atoms with Crippen LogP contribution in [0.15, 0.2) is 0 Å². The second kappa shape index (κ2) is 6.97. The molecule has 0 aromatic rings. The van der Waals surface area contributed by atoms with E-state index in [1.165, 1.54) is 0 Å². The summed E-state index contributed by atoms with van der Waals surface area (Å²) in [5.41, 5.74) is 5.97. The summed E-state index contributed by atoms with van der Waals surface area (Å²) in [4.78, 5) is 14.0. The smallest absolute Gasteiger partial charge is 0.234 e. The van der Waals surface area contributed by atoms with Gasteiger partial charge in [-0.2, -0.15) is 0 Å². The van der Waals surface area contributed by atoms with Gasteiger partial charge in [0.25, 0.3) is 0 Å². The highest BCUT2D eigenvalue weighted by atomic mass is 16.2. The van der Waals surface area contributed by atoms with Gasteiger partial charge in [0, 0.05) is 25.2 Å². The molecule has 0 bridgehead atoms. The van der Waals surface area contributed by atoms with E-state index in [0.29, 0.717) is 12.5 Å². The molecule has 3 N–H and O–H groups in total. The summed E-state index contributed by atoms with van der Waals surface area (Å²) in [5.74, 6) is 0.729. The molecule has 1 fully saturated rings. The summed E-state index contributed by atoms with van der Waals surface area (Å²) in [5, 5.41) is 3.04. The highest BCUT2D eigenvalue weighted by Crippen LogP contribution is 2.14. The van der Waals surface area contributed by atoms with Gasteiger partial charge < -0.3 is 11.1 Å². The maximum absolute atomic E-state index is 11.8. The van der Waals surface area contributed by atoms with E-state index < -0.39 is 0 Å². The first-order valence-corrected chi connectivity index (χ1v) is 6.78. The van der Waals surface area contributed by atoms with Gasteiger partial charge in [-0.15, -0.1) is 0 Å². The lowest BCUT2D eigenvalue weighted by atomic mass is 9.97. The van der Waals surface area contributed by atoms with Crippen molar-refractivity contribution in [1.82, 2.24) is 10.2 Å². The third kappa shape index (κ3) is 5.50. The molecule has 1 heterocycles. The molecule has 4 nitrogen and oxygen atoms in total. The summed E-state index contributed by atoms with van der Waals surface area (Å²) >= 11 is 0. The van der Waals surface area contributed by atoms with Gasteiger partial charge in [0.2, 0.25) is 5.91 Å². The number of hydrogen-bond acceptors (Lipinski definition) is 3. The van der Waals surface area contributed by atoms with E-state index in [4.69, 9.17) is 5.73 Å². The quantitative estimate of drug-likeness (QED) is 0.754. The zero-order valence-corrected chi connectivity index (χ0v) is 11.4. The number of nitrogens with two attached hydrogens (primary N) is 1. The Hall–Kier alpha value is -0.610. The molecule has 0 aromatic heterocycles. The Kier molecular flexibility index (Phi) is 5.92. The van der Waals surface area contributed by atoms with Gasteiger partial charge >= 0.3 is 0 Å². The molecule has 1 aliphatic heterocycles. The van der Waals surface area contributed by atoms with Gasteiger partial charge in [-0.1, -0.05) is 20.3 Å². The molecule has 3 atom stereocenters. The Morgan fingerprint density at radius 2 is 2.24 bits per heavy atom. The Morgan fingerprint density at radius 1 is 1.53 bits per heavy atom. The fourth-order valence-corrected chi connectivity index (χ4v) is 2.67. The number of carbonyl (C=O) groups excluding carboxylic acids is 1. The predicted octanol–water partition coefficient (Wildman–Crippen LogP) is 0.960. The van der Waals surface area contributed by atoms with Gasteiger partial charge in [-0.3, -0.25) is 9.69 Å². The maximum atomic E-state index is 11.8. The highest BCUT2D eigenvalue weighted by Gasteiger charge is 2.23.